The highest BCUT2D eigenvalue weighted by Gasteiger charge is 2.14. The van der Waals surface area contributed by atoms with Gasteiger partial charge in [0.25, 0.3) is 0 Å². The summed E-state index contributed by atoms with van der Waals surface area (Å²) in [6, 6.07) is 11.7. The molecule has 0 saturated carbocycles. The Morgan fingerprint density at radius 3 is 2.35 bits per heavy atom. The molecule has 4 heteroatoms. The molecule has 0 aliphatic rings. The first-order valence-electron chi connectivity index (χ1n) is 5.00. The molecule has 0 bridgehead atoms. The molecule has 17 heavy (non-hydrogen) atoms. The maximum atomic E-state index is 10.2. The van der Waals surface area contributed by atoms with Crippen LogP contribution in [0.3, 0.4) is 0 Å². The van der Waals surface area contributed by atoms with Crippen molar-refractivity contribution in [3.05, 3.63) is 63.1 Å². The summed E-state index contributed by atoms with van der Waals surface area (Å²) in [5, 5.41) is 19.9. The van der Waals surface area contributed by atoms with Crippen LogP contribution in [0.4, 0.5) is 0 Å². The van der Waals surface area contributed by atoms with Gasteiger partial charge >= 0.3 is 0 Å². The second kappa shape index (κ2) is 5.08. The van der Waals surface area contributed by atoms with Gasteiger partial charge < -0.3 is 10.2 Å². The van der Waals surface area contributed by atoms with E-state index in [9.17, 15) is 10.2 Å². The number of benzene rings is 2. The molecule has 0 fully saturated rings. The predicted octanol–water partition coefficient (Wildman–Crippen LogP) is 3.89. The number of hydrogen-bond acceptors (Lipinski definition) is 2. The van der Waals surface area contributed by atoms with E-state index >= 15 is 0 Å². The zero-order valence-electron chi connectivity index (χ0n) is 8.77. The van der Waals surface area contributed by atoms with Crippen LogP contribution in [-0.4, -0.2) is 10.2 Å². The predicted molar refractivity (Wildman–Crippen MR) is 71.3 cm³/mol. The van der Waals surface area contributed by atoms with Crippen molar-refractivity contribution in [2.24, 2.45) is 0 Å². The third kappa shape index (κ3) is 2.80. The van der Waals surface area contributed by atoms with E-state index in [2.05, 4.69) is 15.9 Å². The number of hydrogen-bond donors (Lipinski definition) is 2. The summed E-state index contributed by atoms with van der Waals surface area (Å²) in [4.78, 5) is 0. The van der Waals surface area contributed by atoms with Crippen LogP contribution >= 0.6 is 27.5 Å². The van der Waals surface area contributed by atoms with E-state index in [-0.39, 0.29) is 5.75 Å². The van der Waals surface area contributed by atoms with Gasteiger partial charge in [-0.3, -0.25) is 0 Å². The van der Waals surface area contributed by atoms with Crippen molar-refractivity contribution in [1.82, 2.24) is 0 Å². The summed E-state index contributed by atoms with van der Waals surface area (Å²) < 4.78 is 0.856. The standard InChI is InChI=1S/C13H10BrClO2/c14-9-3-6-12(15)11(7-9)13(17)8-1-4-10(16)5-2-8/h1-7,13,16-17H. The van der Waals surface area contributed by atoms with Crippen LogP contribution in [0, 0.1) is 0 Å². The smallest absolute Gasteiger partial charge is 0.115 e. The van der Waals surface area contributed by atoms with Gasteiger partial charge in [0.1, 0.15) is 11.9 Å². The zero-order chi connectivity index (χ0) is 12.4. The highest BCUT2D eigenvalue weighted by atomic mass is 79.9. The van der Waals surface area contributed by atoms with E-state index in [1.54, 1.807) is 24.3 Å². The molecule has 0 amide bonds. The molecule has 0 aliphatic heterocycles. The molecule has 2 nitrogen and oxygen atoms in total. The van der Waals surface area contributed by atoms with Gasteiger partial charge in [0.15, 0.2) is 0 Å². The third-order valence-corrected chi connectivity index (χ3v) is 3.30. The van der Waals surface area contributed by atoms with Crippen LogP contribution in [0.2, 0.25) is 5.02 Å². The number of halogens is 2. The lowest BCUT2D eigenvalue weighted by Gasteiger charge is -2.13. The van der Waals surface area contributed by atoms with Gasteiger partial charge in [-0.15, -0.1) is 0 Å². The van der Waals surface area contributed by atoms with E-state index in [1.807, 2.05) is 6.07 Å². The second-order valence-corrected chi connectivity index (χ2v) is 4.98. The molecule has 2 aromatic rings. The molecule has 0 heterocycles. The highest BCUT2D eigenvalue weighted by Crippen LogP contribution is 2.31. The van der Waals surface area contributed by atoms with Gasteiger partial charge in [0.05, 0.1) is 0 Å². The zero-order valence-corrected chi connectivity index (χ0v) is 11.1. The second-order valence-electron chi connectivity index (χ2n) is 3.66. The molecular formula is C13H10BrClO2. The largest absolute Gasteiger partial charge is 0.508 e. The van der Waals surface area contributed by atoms with Crippen molar-refractivity contribution >= 4 is 27.5 Å². The molecule has 0 aromatic heterocycles. The Balaban J connectivity index is 2.39. The van der Waals surface area contributed by atoms with Crippen LogP contribution in [0.25, 0.3) is 0 Å². The van der Waals surface area contributed by atoms with Gasteiger partial charge in [-0.2, -0.15) is 0 Å². The van der Waals surface area contributed by atoms with Crippen molar-refractivity contribution in [2.45, 2.75) is 6.10 Å². The molecule has 2 rings (SSSR count). The van der Waals surface area contributed by atoms with Crippen molar-refractivity contribution in [3.8, 4) is 5.75 Å². The van der Waals surface area contributed by atoms with Crippen molar-refractivity contribution in [1.29, 1.82) is 0 Å². The van der Waals surface area contributed by atoms with E-state index < -0.39 is 6.10 Å². The Labute approximate surface area is 113 Å². The Hall–Kier alpha value is -1.03. The molecule has 0 spiro atoms. The van der Waals surface area contributed by atoms with E-state index in [0.717, 1.165) is 4.47 Å². The fraction of sp³-hybridized carbons (Fsp3) is 0.0769. The van der Waals surface area contributed by atoms with Crippen molar-refractivity contribution in [3.63, 3.8) is 0 Å². The molecule has 88 valence electrons. The maximum Gasteiger partial charge on any atom is 0.115 e. The number of phenolic OH excluding ortho intramolecular Hbond substituents is 1. The molecule has 0 saturated heterocycles. The Morgan fingerprint density at radius 2 is 1.71 bits per heavy atom. The van der Waals surface area contributed by atoms with Gasteiger partial charge in [-0.05, 0) is 35.9 Å². The van der Waals surface area contributed by atoms with Crippen LogP contribution in [0.1, 0.15) is 17.2 Å². The first-order chi connectivity index (χ1) is 8.08. The van der Waals surface area contributed by atoms with Gasteiger partial charge in [0.2, 0.25) is 0 Å². The van der Waals surface area contributed by atoms with Crippen LogP contribution in [0.15, 0.2) is 46.9 Å². The minimum Gasteiger partial charge on any atom is -0.508 e. The Kier molecular flexibility index (Phi) is 3.72. The molecule has 0 radical (unpaired) electrons. The molecule has 1 unspecified atom stereocenters. The number of aromatic hydroxyl groups is 1. The molecule has 2 aromatic carbocycles. The lowest BCUT2D eigenvalue weighted by molar-refractivity contribution is 0.220. The monoisotopic (exact) mass is 312 g/mol. The summed E-state index contributed by atoms with van der Waals surface area (Å²) in [6.07, 6.45) is -0.805. The van der Waals surface area contributed by atoms with Crippen LogP contribution in [-0.2, 0) is 0 Å². The highest BCUT2D eigenvalue weighted by molar-refractivity contribution is 9.10. The maximum absolute atomic E-state index is 10.2. The number of phenols is 1. The summed E-state index contributed by atoms with van der Waals surface area (Å²) in [7, 11) is 0. The normalized spacial score (nSPS) is 12.4. The number of aliphatic hydroxyl groups is 1. The molecular weight excluding hydrogens is 303 g/mol. The summed E-state index contributed by atoms with van der Waals surface area (Å²) in [6.45, 7) is 0. The molecule has 2 N–H and O–H groups in total. The lowest BCUT2D eigenvalue weighted by atomic mass is 10.0. The topological polar surface area (TPSA) is 40.5 Å². The third-order valence-electron chi connectivity index (χ3n) is 2.46. The molecule has 0 aliphatic carbocycles. The summed E-state index contributed by atoms with van der Waals surface area (Å²) in [5.74, 6) is 0.168. The Morgan fingerprint density at radius 1 is 1.06 bits per heavy atom. The minimum absolute atomic E-state index is 0.168. The fourth-order valence-electron chi connectivity index (χ4n) is 1.56. The van der Waals surface area contributed by atoms with Gasteiger partial charge in [0, 0.05) is 15.1 Å². The number of aliphatic hydroxyl groups excluding tert-OH is 1. The first kappa shape index (κ1) is 12.4. The summed E-state index contributed by atoms with van der Waals surface area (Å²) in [5.41, 5.74) is 1.31. The van der Waals surface area contributed by atoms with Crippen LogP contribution in [0.5, 0.6) is 5.75 Å². The van der Waals surface area contributed by atoms with Gasteiger partial charge in [-0.25, -0.2) is 0 Å². The Bertz CT molecular complexity index is 525. The van der Waals surface area contributed by atoms with E-state index in [4.69, 9.17) is 11.6 Å². The van der Waals surface area contributed by atoms with E-state index in [0.29, 0.717) is 16.1 Å². The minimum atomic E-state index is -0.805. The van der Waals surface area contributed by atoms with Crippen molar-refractivity contribution in [2.75, 3.05) is 0 Å². The number of rotatable bonds is 2. The fourth-order valence-corrected chi connectivity index (χ4v) is 2.16. The van der Waals surface area contributed by atoms with Crippen LogP contribution < -0.4 is 0 Å². The van der Waals surface area contributed by atoms with Crippen molar-refractivity contribution < 1.29 is 10.2 Å². The first-order valence-corrected chi connectivity index (χ1v) is 6.17. The lowest BCUT2D eigenvalue weighted by Crippen LogP contribution is -2.00. The quantitative estimate of drug-likeness (QED) is 0.883. The average molecular weight is 314 g/mol. The summed E-state index contributed by atoms with van der Waals surface area (Å²) >= 11 is 9.38. The van der Waals surface area contributed by atoms with E-state index in [1.165, 1.54) is 12.1 Å². The average Bonchev–Trinajstić information content (AvgIpc) is 2.32. The van der Waals surface area contributed by atoms with Gasteiger partial charge in [-0.1, -0.05) is 39.7 Å². The SMILES string of the molecule is Oc1ccc(C(O)c2cc(Br)ccc2Cl)cc1. The molecule has 1 atom stereocenters.